The average molecular weight is 243 g/mol. The lowest BCUT2D eigenvalue weighted by Gasteiger charge is -2.07. The van der Waals surface area contributed by atoms with Gasteiger partial charge in [-0.3, -0.25) is 0 Å². The second-order valence-corrected chi connectivity index (χ2v) is 4.40. The number of rotatable bonds is 3. The van der Waals surface area contributed by atoms with E-state index in [4.69, 9.17) is 10.5 Å². The summed E-state index contributed by atoms with van der Waals surface area (Å²) in [7, 11) is 1.61. The van der Waals surface area contributed by atoms with Crippen molar-refractivity contribution < 1.29 is 4.74 Å². The van der Waals surface area contributed by atoms with Crippen molar-refractivity contribution in [3.63, 3.8) is 0 Å². The molecule has 0 saturated heterocycles. The Balaban J connectivity index is 2.49. The van der Waals surface area contributed by atoms with E-state index < -0.39 is 0 Å². The SMILES string of the molecule is COCc1nc(N)cc(-c2cc(C)cc(C)c2)n1. The molecule has 1 heterocycles. The Hall–Kier alpha value is -1.94. The van der Waals surface area contributed by atoms with Gasteiger partial charge in [-0.2, -0.15) is 0 Å². The van der Waals surface area contributed by atoms with E-state index in [0.717, 1.165) is 11.3 Å². The average Bonchev–Trinajstić information content (AvgIpc) is 2.27. The fourth-order valence-electron chi connectivity index (χ4n) is 1.98. The van der Waals surface area contributed by atoms with E-state index >= 15 is 0 Å². The second-order valence-electron chi connectivity index (χ2n) is 4.40. The third kappa shape index (κ3) is 2.84. The normalized spacial score (nSPS) is 10.6. The highest BCUT2D eigenvalue weighted by Gasteiger charge is 2.06. The van der Waals surface area contributed by atoms with E-state index in [-0.39, 0.29) is 0 Å². The molecule has 0 aliphatic rings. The first-order valence-corrected chi connectivity index (χ1v) is 5.79. The van der Waals surface area contributed by atoms with Gasteiger partial charge in [0.15, 0.2) is 5.82 Å². The van der Waals surface area contributed by atoms with Crippen LogP contribution in [0.3, 0.4) is 0 Å². The van der Waals surface area contributed by atoms with Gasteiger partial charge < -0.3 is 10.5 Å². The van der Waals surface area contributed by atoms with Crippen molar-refractivity contribution in [2.24, 2.45) is 0 Å². The molecule has 1 aromatic heterocycles. The highest BCUT2D eigenvalue weighted by Crippen LogP contribution is 2.21. The summed E-state index contributed by atoms with van der Waals surface area (Å²) in [4.78, 5) is 8.60. The molecule has 4 nitrogen and oxygen atoms in total. The summed E-state index contributed by atoms with van der Waals surface area (Å²) in [5.41, 5.74) is 10.1. The minimum Gasteiger partial charge on any atom is -0.384 e. The molecule has 2 rings (SSSR count). The minimum absolute atomic E-state index is 0.364. The first-order chi connectivity index (χ1) is 8.58. The molecule has 94 valence electrons. The first-order valence-electron chi connectivity index (χ1n) is 5.79. The third-order valence-corrected chi connectivity index (χ3v) is 2.58. The van der Waals surface area contributed by atoms with Gasteiger partial charge in [-0.15, -0.1) is 0 Å². The van der Waals surface area contributed by atoms with Crippen LogP contribution >= 0.6 is 0 Å². The summed E-state index contributed by atoms with van der Waals surface area (Å²) in [6.07, 6.45) is 0. The van der Waals surface area contributed by atoms with Gasteiger partial charge >= 0.3 is 0 Å². The van der Waals surface area contributed by atoms with Crippen LogP contribution in [0.2, 0.25) is 0 Å². The summed E-state index contributed by atoms with van der Waals surface area (Å²) in [6.45, 7) is 4.50. The topological polar surface area (TPSA) is 61.0 Å². The summed E-state index contributed by atoms with van der Waals surface area (Å²) in [5.74, 6) is 1.07. The Bertz CT molecular complexity index is 547. The predicted molar refractivity (Wildman–Crippen MR) is 72.1 cm³/mol. The summed E-state index contributed by atoms with van der Waals surface area (Å²) in [6, 6.07) is 8.09. The van der Waals surface area contributed by atoms with Crippen LogP contribution in [0.15, 0.2) is 24.3 Å². The van der Waals surface area contributed by atoms with Crippen LogP contribution in [0.4, 0.5) is 5.82 Å². The fourth-order valence-corrected chi connectivity index (χ4v) is 1.98. The van der Waals surface area contributed by atoms with Crippen LogP contribution in [-0.2, 0) is 11.3 Å². The van der Waals surface area contributed by atoms with Crippen LogP contribution in [0.1, 0.15) is 17.0 Å². The van der Waals surface area contributed by atoms with E-state index in [9.17, 15) is 0 Å². The number of methoxy groups -OCH3 is 1. The maximum absolute atomic E-state index is 5.80. The van der Waals surface area contributed by atoms with Gasteiger partial charge in [0.2, 0.25) is 0 Å². The molecular formula is C14H17N3O. The van der Waals surface area contributed by atoms with Crippen molar-refractivity contribution in [2.45, 2.75) is 20.5 Å². The zero-order chi connectivity index (χ0) is 13.1. The number of benzene rings is 1. The largest absolute Gasteiger partial charge is 0.384 e. The number of aryl methyl sites for hydroxylation is 2. The fraction of sp³-hybridized carbons (Fsp3) is 0.286. The highest BCUT2D eigenvalue weighted by atomic mass is 16.5. The van der Waals surface area contributed by atoms with Gasteiger partial charge in [0.05, 0.1) is 5.69 Å². The monoisotopic (exact) mass is 243 g/mol. The number of nitrogen functional groups attached to an aromatic ring is 1. The molecule has 2 N–H and O–H groups in total. The van der Waals surface area contributed by atoms with E-state index in [1.54, 1.807) is 13.2 Å². The molecular weight excluding hydrogens is 226 g/mol. The van der Waals surface area contributed by atoms with Gasteiger partial charge in [0, 0.05) is 18.7 Å². The van der Waals surface area contributed by atoms with Gasteiger partial charge in [0.25, 0.3) is 0 Å². The van der Waals surface area contributed by atoms with Crippen molar-refractivity contribution >= 4 is 5.82 Å². The van der Waals surface area contributed by atoms with Gasteiger partial charge in [-0.05, 0) is 26.0 Å². The van der Waals surface area contributed by atoms with E-state index in [1.807, 2.05) is 0 Å². The number of nitrogens with two attached hydrogens (primary N) is 1. The van der Waals surface area contributed by atoms with Gasteiger partial charge in [-0.25, -0.2) is 9.97 Å². The van der Waals surface area contributed by atoms with E-state index in [2.05, 4.69) is 42.0 Å². The van der Waals surface area contributed by atoms with Crippen molar-refractivity contribution in [3.05, 3.63) is 41.2 Å². The van der Waals surface area contributed by atoms with Crippen molar-refractivity contribution in [1.82, 2.24) is 9.97 Å². The molecule has 2 aromatic rings. The third-order valence-electron chi connectivity index (χ3n) is 2.58. The number of hydrogen-bond acceptors (Lipinski definition) is 4. The standard InChI is InChI=1S/C14H17N3O/c1-9-4-10(2)6-11(5-9)12-7-13(15)17-14(16-12)8-18-3/h4-7H,8H2,1-3H3,(H2,15,16,17). The number of nitrogens with zero attached hydrogens (tertiary/aromatic N) is 2. The van der Waals surface area contributed by atoms with Crippen molar-refractivity contribution in [3.8, 4) is 11.3 Å². The van der Waals surface area contributed by atoms with Crippen LogP contribution in [-0.4, -0.2) is 17.1 Å². The molecule has 0 atom stereocenters. The quantitative estimate of drug-likeness (QED) is 0.899. The Morgan fingerprint density at radius 1 is 1.06 bits per heavy atom. The van der Waals surface area contributed by atoms with Gasteiger partial charge in [0.1, 0.15) is 12.4 Å². The second kappa shape index (κ2) is 5.14. The van der Waals surface area contributed by atoms with Crippen molar-refractivity contribution in [1.29, 1.82) is 0 Å². The van der Waals surface area contributed by atoms with Crippen LogP contribution in [0.5, 0.6) is 0 Å². The van der Waals surface area contributed by atoms with Crippen molar-refractivity contribution in [2.75, 3.05) is 12.8 Å². The first kappa shape index (κ1) is 12.5. The lowest BCUT2D eigenvalue weighted by Crippen LogP contribution is -2.02. The molecule has 0 bridgehead atoms. The smallest absolute Gasteiger partial charge is 0.157 e. The van der Waals surface area contributed by atoms with E-state index in [0.29, 0.717) is 18.2 Å². The zero-order valence-electron chi connectivity index (χ0n) is 10.9. The molecule has 1 aromatic carbocycles. The summed E-state index contributed by atoms with van der Waals surface area (Å²) < 4.78 is 5.04. The Morgan fingerprint density at radius 2 is 1.72 bits per heavy atom. The number of hydrogen-bond donors (Lipinski definition) is 1. The lowest BCUT2D eigenvalue weighted by molar-refractivity contribution is 0.178. The zero-order valence-corrected chi connectivity index (χ0v) is 10.9. The van der Waals surface area contributed by atoms with Crippen LogP contribution in [0, 0.1) is 13.8 Å². The predicted octanol–water partition coefficient (Wildman–Crippen LogP) is 2.49. The number of aromatic nitrogens is 2. The number of anilines is 1. The Morgan fingerprint density at radius 3 is 2.33 bits per heavy atom. The molecule has 0 fully saturated rings. The minimum atomic E-state index is 0.364. The highest BCUT2D eigenvalue weighted by molar-refractivity contribution is 5.63. The Labute approximate surface area is 107 Å². The Kier molecular flexibility index (Phi) is 3.58. The lowest BCUT2D eigenvalue weighted by atomic mass is 10.0. The number of ether oxygens (including phenoxy) is 1. The molecule has 0 amide bonds. The maximum atomic E-state index is 5.80. The van der Waals surface area contributed by atoms with Gasteiger partial charge in [-0.1, -0.05) is 17.2 Å². The molecule has 0 radical (unpaired) electrons. The maximum Gasteiger partial charge on any atom is 0.157 e. The molecule has 4 heteroatoms. The van der Waals surface area contributed by atoms with E-state index in [1.165, 1.54) is 11.1 Å². The van der Waals surface area contributed by atoms with Crippen LogP contribution < -0.4 is 5.73 Å². The van der Waals surface area contributed by atoms with Crippen LogP contribution in [0.25, 0.3) is 11.3 Å². The molecule has 0 saturated carbocycles. The molecule has 18 heavy (non-hydrogen) atoms. The molecule has 0 aliphatic heterocycles. The molecule has 0 aliphatic carbocycles. The molecule has 0 unspecified atom stereocenters. The summed E-state index contributed by atoms with van der Waals surface area (Å²) >= 11 is 0. The molecule has 0 spiro atoms. The summed E-state index contributed by atoms with van der Waals surface area (Å²) in [5, 5.41) is 0.